The molecule has 0 unspecified atom stereocenters. The van der Waals surface area contributed by atoms with Crippen molar-refractivity contribution in [3.8, 4) is 0 Å². The molecule has 7 nitrogen and oxygen atoms in total. The number of carbonyl (C=O) groups is 1. The van der Waals surface area contributed by atoms with Gasteiger partial charge in [0.15, 0.2) is 0 Å². The van der Waals surface area contributed by atoms with Crippen LogP contribution in [0.1, 0.15) is 20.8 Å². The van der Waals surface area contributed by atoms with Gasteiger partial charge in [-0.25, -0.2) is 13.2 Å². The highest BCUT2D eigenvalue weighted by atomic mass is 32.2. The summed E-state index contributed by atoms with van der Waals surface area (Å²) in [7, 11) is -3.78. The summed E-state index contributed by atoms with van der Waals surface area (Å²) < 4.78 is 32.4. The summed E-state index contributed by atoms with van der Waals surface area (Å²) in [6.07, 6.45) is -0.622. The van der Waals surface area contributed by atoms with E-state index in [4.69, 9.17) is 10.5 Å². The molecule has 1 amide bonds. The van der Waals surface area contributed by atoms with Crippen molar-refractivity contribution < 1.29 is 17.9 Å². The van der Waals surface area contributed by atoms with Gasteiger partial charge in [-0.3, -0.25) is 10.0 Å². The Balaban J connectivity index is 2.15. The number of hydrogen-bond donors (Lipinski definition) is 3. The van der Waals surface area contributed by atoms with Crippen molar-refractivity contribution in [2.75, 3.05) is 15.8 Å². The second kappa shape index (κ2) is 7.02. The molecule has 8 heteroatoms. The number of nitrogens with two attached hydrogens (primary N) is 1. The van der Waals surface area contributed by atoms with Crippen LogP contribution < -0.4 is 15.8 Å². The summed E-state index contributed by atoms with van der Waals surface area (Å²) in [4.78, 5) is 11.9. The first-order valence-electron chi connectivity index (χ1n) is 7.54. The van der Waals surface area contributed by atoms with Crippen molar-refractivity contribution in [3.05, 3.63) is 48.5 Å². The maximum absolute atomic E-state index is 12.4. The number of amides is 1. The second-order valence-corrected chi connectivity index (χ2v) is 8.07. The molecule has 25 heavy (non-hydrogen) atoms. The van der Waals surface area contributed by atoms with Gasteiger partial charge in [0, 0.05) is 11.4 Å². The van der Waals surface area contributed by atoms with E-state index in [0.29, 0.717) is 17.1 Å². The van der Waals surface area contributed by atoms with Crippen LogP contribution in [0.5, 0.6) is 0 Å². The van der Waals surface area contributed by atoms with Gasteiger partial charge in [0.2, 0.25) is 0 Å². The predicted molar refractivity (Wildman–Crippen MR) is 98.0 cm³/mol. The number of benzene rings is 2. The molecule has 0 radical (unpaired) electrons. The zero-order valence-corrected chi connectivity index (χ0v) is 15.1. The molecule has 0 aliphatic carbocycles. The Morgan fingerprint density at radius 1 is 1.04 bits per heavy atom. The Kier molecular flexibility index (Phi) is 5.22. The molecule has 2 rings (SSSR count). The number of sulfonamides is 1. The molecule has 2 aromatic rings. The zero-order chi connectivity index (χ0) is 18.7. The minimum atomic E-state index is -3.78. The normalized spacial score (nSPS) is 11.6. The van der Waals surface area contributed by atoms with E-state index in [0.717, 1.165) is 0 Å². The van der Waals surface area contributed by atoms with Crippen LogP contribution in [0, 0.1) is 0 Å². The highest BCUT2D eigenvalue weighted by molar-refractivity contribution is 7.92. The summed E-state index contributed by atoms with van der Waals surface area (Å²) >= 11 is 0. The zero-order valence-electron chi connectivity index (χ0n) is 14.2. The average Bonchev–Trinajstić information content (AvgIpc) is 2.45. The molecular weight excluding hydrogens is 342 g/mol. The largest absolute Gasteiger partial charge is 0.444 e. The van der Waals surface area contributed by atoms with Gasteiger partial charge in [-0.05, 0) is 57.2 Å². The maximum Gasteiger partial charge on any atom is 0.412 e. The van der Waals surface area contributed by atoms with Crippen LogP contribution in [0.3, 0.4) is 0 Å². The summed E-state index contributed by atoms with van der Waals surface area (Å²) in [5.41, 5.74) is 6.05. The van der Waals surface area contributed by atoms with Crippen LogP contribution in [0.2, 0.25) is 0 Å². The fraction of sp³-hybridized carbons (Fsp3) is 0.235. The van der Waals surface area contributed by atoms with E-state index < -0.39 is 21.7 Å². The number of ether oxygens (including phenoxy) is 1. The van der Waals surface area contributed by atoms with E-state index in [9.17, 15) is 13.2 Å². The molecule has 0 heterocycles. The Labute approximate surface area is 147 Å². The van der Waals surface area contributed by atoms with Gasteiger partial charge in [-0.15, -0.1) is 0 Å². The lowest BCUT2D eigenvalue weighted by atomic mass is 10.2. The minimum Gasteiger partial charge on any atom is -0.444 e. The van der Waals surface area contributed by atoms with Crippen molar-refractivity contribution in [3.63, 3.8) is 0 Å². The number of nitrogen functional groups attached to an aromatic ring is 1. The maximum atomic E-state index is 12.4. The van der Waals surface area contributed by atoms with Crippen molar-refractivity contribution in [2.24, 2.45) is 0 Å². The van der Waals surface area contributed by atoms with Crippen LogP contribution in [-0.2, 0) is 14.8 Å². The third kappa shape index (κ3) is 5.68. The van der Waals surface area contributed by atoms with Gasteiger partial charge in [-0.1, -0.05) is 12.1 Å². The van der Waals surface area contributed by atoms with Gasteiger partial charge in [0.05, 0.1) is 10.6 Å². The fourth-order valence-electron chi connectivity index (χ4n) is 1.98. The molecule has 0 aliphatic rings. The molecule has 0 spiro atoms. The van der Waals surface area contributed by atoms with E-state index in [1.165, 1.54) is 18.2 Å². The second-order valence-electron chi connectivity index (χ2n) is 6.39. The third-order valence-electron chi connectivity index (χ3n) is 2.93. The number of nitrogens with one attached hydrogen (secondary N) is 2. The lowest BCUT2D eigenvalue weighted by Gasteiger charge is -2.19. The van der Waals surface area contributed by atoms with E-state index in [1.54, 1.807) is 51.1 Å². The molecule has 0 saturated carbocycles. The summed E-state index contributed by atoms with van der Waals surface area (Å²) in [5.74, 6) is 0. The van der Waals surface area contributed by atoms with Crippen LogP contribution in [0.25, 0.3) is 0 Å². The van der Waals surface area contributed by atoms with E-state index in [2.05, 4.69) is 10.0 Å². The van der Waals surface area contributed by atoms with Gasteiger partial charge >= 0.3 is 6.09 Å². The first-order chi connectivity index (χ1) is 11.5. The fourth-order valence-corrected chi connectivity index (χ4v) is 3.08. The van der Waals surface area contributed by atoms with E-state index in [1.807, 2.05) is 0 Å². The summed E-state index contributed by atoms with van der Waals surface area (Å²) in [5, 5.41) is 2.56. The number of hydrogen-bond acceptors (Lipinski definition) is 5. The first kappa shape index (κ1) is 18.6. The number of carbonyl (C=O) groups excluding carboxylic acids is 1. The highest BCUT2D eigenvalue weighted by Gasteiger charge is 2.17. The van der Waals surface area contributed by atoms with Crippen LogP contribution in [-0.4, -0.2) is 20.1 Å². The number of rotatable bonds is 4. The Morgan fingerprint density at radius 3 is 2.32 bits per heavy atom. The lowest BCUT2D eigenvalue weighted by Crippen LogP contribution is -2.27. The van der Waals surface area contributed by atoms with Crippen molar-refractivity contribution in [2.45, 2.75) is 31.3 Å². The Hall–Kier alpha value is -2.74. The van der Waals surface area contributed by atoms with Crippen molar-refractivity contribution in [1.82, 2.24) is 0 Å². The average molecular weight is 363 g/mol. The Morgan fingerprint density at radius 2 is 1.68 bits per heavy atom. The molecule has 0 bridgehead atoms. The standard InChI is InChI=1S/C17H21N3O4S/c1-17(2,3)24-16(21)19-13-7-5-8-14(11-13)20-25(22,23)15-9-4-6-12(18)10-15/h4-11,20H,18H2,1-3H3,(H,19,21). The minimum absolute atomic E-state index is 0.0537. The van der Waals surface area contributed by atoms with Crippen LogP contribution in [0.4, 0.5) is 21.9 Å². The topological polar surface area (TPSA) is 111 Å². The molecule has 0 aromatic heterocycles. The molecule has 2 aromatic carbocycles. The molecule has 0 atom stereocenters. The van der Waals surface area contributed by atoms with Crippen LogP contribution in [0.15, 0.2) is 53.4 Å². The van der Waals surface area contributed by atoms with E-state index in [-0.39, 0.29) is 4.90 Å². The van der Waals surface area contributed by atoms with Crippen LogP contribution >= 0.6 is 0 Å². The number of anilines is 3. The third-order valence-corrected chi connectivity index (χ3v) is 4.31. The quantitative estimate of drug-likeness (QED) is 0.721. The van der Waals surface area contributed by atoms with E-state index >= 15 is 0 Å². The van der Waals surface area contributed by atoms with Gasteiger partial charge < -0.3 is 10.5 Å². The van der Waals surface area contributed by atoms with Gasteiger partial charge in [0.25, 0.3) is 10.0 Å². The molecule has 0 aliphatic heterocycles. The Bertz CT molecular complexity index is 873. The summed E-state index contributed by atoms with van der Waals surface area (Å²) in [6.45, 7) is 5.26. The SMILES string of the molecule is CC(C)(C)OC(=O)Nc1cccc(NS(=O)(=O)c2cccc(N)c2)c1. The lowest BCUT2D eigenvalue weighted by molar-refractivity contribution is 0.0636. The monoisotopic (exact) mass is 363 g/mol. The highest BCUT2D eigenvalue weighted by Crippen LogP contribution is 2.21. The molecule has 134 valence electrons. The molecular formula is C17H21N3O4S. The first-order valence-corrected chi connectivity index (χ1v) is 9.02. The molecule has 4 N–H and O–H groups in total. The predicted octanol–water partition coefficient (Wildman–Crippen LogP) is 3.42. The molecule has 0 fully saturated rings. The van der Waals surface area contributed by atoms with Gasteiger partial charge in [0.1, 0.15) is 5.60 Å². The van der Waals surface area contributed by atoms with Crippen molar-refractivity contribution >= 4 is 33.2 Å². The smallest absolute Gasteiger partial charge is 0.412 e. The summed E-state index contributed by atoms with van der Waals surface area (Å²) in [6, 6.07) is 12.3. The van der Waals surface area contributed by atoms with Gasteiger partial charge in [-0.2, -0.15) is 0 Å². The molecule has 0 saturated heterocycles. The van der Waals surface area contributed by atoms with Crippen molar-refractivity contribution in [1.29, 1.82) is 0 Å².